The molecule has 0 amide bonds. The Hall–Kier alpha value is -0.400. The van der Waals surface area contributed by atoms with E-state index in [1.165, 1.54) is 6.92 Å². The molecule has 10 heteroatoms. The summed E-state index contributed by atoms with van der Waals surface area (Å²) < 4.78 is 15.3. The minimum atomic E-state index is -1.69. The summed E-state index contributed by atoms with van der Waals surface area (Å²) in [6.07, 6.45) is -14.3. The largest absolute Gasteiger partial charge is 0.394 e. The molecule has 0 aromatic rings. The van der Waals surface area contributed by atoms with E-state index in [0.717, 1.165) is 0 Å². The van der Waals surface area contributed by atoms with Gasteiger partial charge in [-0.3, -0.25) is 0 Å². The molecule has 0 aromatic heterocycles. The molecule has 22 heavy (non-hydrogen) atoms. The van der Waals surface area contributed by atoms with Gasteiger partial charge in [-0.15, -0.1) is 0 Å². The zero-order valence-corrected chi connectivity index (χ0v) is 11.8. The third-order valence-electron chi connectivity index (χ3n) is 3.94. The van der Waals surface area contributed by atoms with Crippen molar-refractivity contribution in [3.63, 3.8) is 0 Å². The van der Waals surface area contributed by atoms with Gasteiger partial charge < -0.3 is 50.0 Å². The van der Waals surface area contributed by atoms with Crippen molar-refractivity contribution in [2.24, 2.45) is 0 Å². The molecular formula is C12H22O10. The SMILES string of the molecule is C[C@@H]1O[C@@H](O[C@@H]2[C@H](O)[C@H](O)[C@H](CO)O[C@@H]2O)[C@@H](O)[C@@H](O)[C@@H]1O. The third kappa shape index (κ3) is 3.26. The zero-order chi connectivity index (χ0) is 16.6. The summed E-state index contributed by atoms with van der Waals surface area (Å²) in [4.78, 5) is 0. The Morgan fingerprint density at radius 3 is 2.05 bits per heavy atom. The quantitative estimate of drug-likeness (QED) is 0.269. The van der Waals surface area contributed by atoms with Gasteiger partial charge in [-0.2, -0.15) is 0 Å². The molecule has 10 nitrogen and oxygen atoms in total. The summed E-state index contributed by atoms with van der Waals surface area (Å²) in [5.41, 5.74) is 0. The number of aliphatic hydroxyl groups excluding tert-OH is 7. The molecule has 2 heterocycles. The molecular weight excluding hydrogens is 304 g/mol. The zero-order valence-electron chi connectivity index (χ0n) is 11.8. The van der Waals surface area contributed by atoms with Crippen LogP contribution >= 0.6 is 0 Å². The molecule has 130 valence electrons. The van der Waals surface area contributed by atoms with Crippen molar-refractivity contribution in [1.82, 2.24) is 0 Å². The molecule has 2 saturated heterocycles. The van der Waals surface area contributed by atoms with E-state index in [-0.39, 0.29) is 0 Å². The average Bonchev–Trinajstić information content (AvgIpc) is 2.49. The van der Waals surface area contributed by atoms with E-state index in [1.54, 1.807) is 0 Å². The van der Waals surface area contributed by atoms with E-state index in [0.29, 0.717) is 0 Å². The van der Waals surface area contributed by atoms with Gasteiger partial charge in [-0.25, -0.2) is 0 Å². The maximum absolute atomic E-state index is 9.93. The van der Waals surface area contributed by atoms with Gasteiger partial charge in [-0.05, 0) is 6.92 Å². The smallest absolute Gasteiger partial charge is 0.187 e. The lowest BCUT2D eigenvalue weighted by molar-refractivity contribution is -0.358. The Labute approximate surface area is 126 Å². The van der Waals surface area contributed by atoms with Crippen molar-refractivity contribution in [2.75, 3.05) is 6.61 Å². The Bertz CT molecular complexity index is 368. The van der Waals surface area contributed by atoms with Gasteiger partial charge >= 0.3 is 0 Å². The highest BCUT2D eigenvalue weighted by Crippen LogP contribution is 2.28. The van der Waals surface area contributed by atoms with Gasteiger partial charge in [0.15, 0.2) is 12.6 Å². The maximum Gasteiger partial charge on any atom is 0.187 e. The second-order valence-electron chi connectivity index (χ2n) is 5.51. The fourth-order valence-electron chi connectivity index (χ4n) is 2.50. The van der Waals surface area contributed by atoms with Crippen LogP contribution in [0.3, 0.4) is 0 Å². The fourth-order valence-corrected chi connectivity index (χ4v) is 2.50. The maximum atomic E-state index is 9.93. The van der Waals surface area contributed by atoms with Gasteiger partial charge in [0.05, 0.1) is 12.7 Å². The van der Waals surface area contributed by atoms with Crippen LogP contribution in [-0.2, 0) is 14.2 Å². The summed E-state index contributed by atoms with van der Waals surface area (Å²) in [5, 5.41) is 67.5. The van der Waals surface area contributed by atoms with Crippen molar-refractivity contribution in [3.05, 3.63) is 0 Å². The van der Waals surface area contributed by atoms with Crippen molar-refractivity contribution in [3.8, 4) is 0 Å². The molecule has 2 fully saturated rings. The van der Waals surface area contributed by atoms with Crippen LogP contribution in [0.25, 0.3) is 0 Å². The molecule has 0 aromatic carbocycles. The number of hydrogen-bond donors (Lipinski definition) is 7. The normalized spacial score (nSPS) is 53.5. The van der Waals surface area contributed by atoms with Gasteiger partial charge in [0.25, 0.3) is 0 Å². The first-order valence-corrected chi connectivity index (χ1v) is 6.93. The topological polar surface area (TPSA) is 169 Å². The van der Waals surface area contributed by atoms with Gasteiger partial charge in [0.1, 0.15) is 42.7 Å². The van der Waals surface area contributed by atoms with Crippen LogP contribution in [0.15, 0.2) is 0 Å². The number of ether oxygens (including phenoxy) is 3. The van der Waals surface area contributed by atoms with Gasteiger partial charge in [-0.1, -0.05) is 0 Å². The summed E-state index contributed by atoms with van der Waals surface area (Å²) in [6.45, 7) is 0.823. The first-order valence-electron chi connectivity index (χ1n) is 6.93. The Kier molecular flexibility index (Phi) is 5.72. The summed E-state index contributed by atoms with van der Waals surface area (Å²) in [6, 6.07) is 0. The van der Waals surface area contributed by atoms with Crippen molar-refractivity contribution in [2.45, 2.75) is 68.3 Å². The predicted molar refractivity (Wildman–Crippen MR) is 67.2 cm³/mol. The van der Waals surface area contributed by atoms with E-state index in [1.807, 2.05) is 0 Å². The summed E-state index contributed by atoms with van der Waals surface area (Å²) in [5.74, 6) is 0. The highest BCUT2D eigenvalue weighted by Gasteiger charge is 2.49. The molecule has 2 aliphatic rings. The summed E-state index contributed by atoms with van der Waals surface area (Å²) >= 11 is 0. The Morgan fingerprint density at radius 1 is 0.818 bits per heavy atom. The van der Waals surface area contributed by atoms with Gasteiger partial charge in [0.2, 0.25) is 0 Å². The van der Waals surface area contributed by atoms with Crippen LogP contribution in [0.1, 0.15) is 6.92 Å². The van der Waals surface area contributed by atoms with Crippen LogP contribution in [0.4, 0.5) is 0 Å². The molecule has 2 rings (SSSR count). The lowest BCUT2D eigenvalue weighted by Crippen LogP contribution is -2.63. The minimum Gasteiger partial charge on any atom is -0.394 e. The number of rotatable bonds is 3. The Balaban J connectivity index is 2.06. The standard InChI is InChI=1S/C12H22O10/c1-3-5(14)7(16)9(18)12(20-3)22-10-8(17)6(15)4(2-13)21-11(10)19/h3-19H,2H2,1H3/t3-,4-,5+,6+,7-,8+,9-,10+,11-,12-/m0/s1. The molecule has 0 unspecified atom stereocenters. The predicted octanol–water partition coefficient (Wildman–Crippen LogP) is -4.37. The van der Waals surface area contributed by atoms with E-state index in [4.69, 9.17) is 19.3 Å². The number of hydrogen-bond acceptors (Lipinski definition) is 10. The van der Waals surface area contributed by atoms with Crippen LogP contribution in [-0.4, -0.2) is 104 Å². The highest BCUT2D eigenvalue weighted by molar-refractivity contribution is 4.92. The summed E-state index contributed by atoms with van der Waals surface area (Å²) in [7, 11) is 0. The van der Waals surface area contributed by atoms with E-state index in [9.17, 15) is 30.6 Å². The fraction of sp³-hybridized carbons (Fsp3) is 1.00. The molecule has 10 atom stereocenters. The third-order valence-corrected chi connectivity index (χ3v) is 3.94. The molecule has 0 radical (unpaired) electrons. The molecule has 0 aliphatic carbocycles. The highest BCUT2D eigenvalue weighted by atomic mass is 16.7. The molecule has 7 N–H and O–H groups in total. The molecule has 0 saturated carbocycles. The lowest BCUT2D eigenvalue weighted by atomic mass is 9.97. The van der Waals surface area contributed by atoms with E-state index < -0.39 is 68.0 Å². The second kappa shape index (κ2) is 7.01. The monoisotopic (exact) mass is 326 g/mol. The van der Waals surface area contributed by atoms with Crippen LogP contribution in [0.5, 0.6) is 0 Å². The van der Waals surface area contributed by atoms with Crippen LogP contribution < -0.4 is 0 Å². The lowest BCUT2D eigenvalue weighted by Gasteiger charge is -2.44. The van der Waals surface area contributed by atoms with Crippen LogP contribution in [0.2, 0.25) is 0 Å². The van der Waals surface area contributed by atoms with E-state index >= 15 is 0 Å². The number of aliphatic hydroxyl groups is 7. The molecule has 2 aliphatic heterocycles. The van der Waals surface area contributed by atoms with Crippen LogP contribution in [0, 0.1) is 0 Å². The van der Waals surface area contributed by atoms with Gasteiger partial charge in [0, 0.05) is 0 Å². The first kappa shape index (κ1) is 17.9. The van der Waals surface area contributed by atoms with Crippen molar-refractivity contribution in [1.29, 1.82) is 0 Å². The van der Waals surface area contributed by atoms with Crippen molar-refractivity contribution >= 4 is 0 Å². The second-order valence-corrected chi connectivity index (χ2v) is 5.51. The van der Waals surface area contributed by atoms with Crippen molar-refractivity contribution < 1.29 is 50.0 Å². The first-order chi connectivity index (χ1) is 10.3. The minimum absolute atomic E-state index is 0.619. The molecule has 0 spiro atoms. The van der Waals surface area contributed by atoms with E-state index in [2.05, 4.69) is 0 Å². The average molecular weight is 326 g/mol. The Morgan fingerprint density at radius 2 is 1.45 bits per heavy atom. The molecule has 0 bridgehead atoms.